The molecule has 6 nitrogen and oxygen atoms in total. The molecule has 0 aliphatic rings. The largest absolute Gasteiger partial charge is 0.354 e. The van der Waals surface area contributed by atoms with Crippen molar-refractivity contribution >= 4 is 38.4 Å². The maximum atomic E-state index is 13.3. The molecule has 1 heterocycles. The molecule has 1 atom stereocenters. The standard InChI is InChI=1S/C26H24ClN3O3S/c27-22-13-11-19(12-14-22)15-17-29-26(31)23(18-20-6-2-1-3-7-20)30-34(32,33)24-10-4-8-21-9-5-16-28-25(21)24/h1-14,16,23,30H,15,17-18H2,(H,29,31). The van der Waals surface area contributed by atoms with E-state index in [-0.39, 0.29) is 11.3 Å². The second-order valence-electron chi connectivity index (χ2n) is 7.86. The number of halogens is 1. The minimum absolute atomic E-state index is 0.0395. The Labute approximate surface area is 204 Å². The Kier molecular flexibility index (Phi) is 7.57. The number of carbonyl (C=O) groups is 1. The molecule has 0 fully saturated rings. The van der Waals surface area contributed by atoms with E-state index >= 15 is 0 Å². The molecule has 174 valence electrons. The summed E-state index contributed by atoms with van der Waals surface area (Å²) in [7, 11) is -4.02. The Morgan fingerprint density at radius 2 is 1.62 bits per heavy atom. The van der Waals surface area contributed by atoms with Crippen molar-refractivity contribution < 1.29 is 13.2 Å². The zero-order valence-electron chi connectivity index (χ0n) is 18.3. The number of carbonyl (C=O) groups excluding carboxylic acids is 1. The lowest BCUT2D eigenvalue weighted by atomic mass is 10.1. The Balaban J connectivity index is 1.54. The molecule has 1 aromatic heterocycles. The molecule has 1 amide bonds. The van der Waals surface area contributed by atoms with Crippen LogP contribution in [0.25, 0.3) is 10.9 Å². The Morgan fingerprint density at radius 1 is 0.882 bits per heavy atom. The number of hydrogen-bond donors (Lipinski definition) is 2. The van der Waals surface area contributed by atoms with Crippen molar-refractivity contribution in [2.75, 3.05) is 6.54 Å². The van der Waals surface area contributed by atoms with Gasteiger partial charge in [0.15, 0.2) is 0 Å². The number of aromatic nitrogens is 1. The molecule has 34 heavy (non-hydrogen) atoms. The lowest BCUT2D eigenvalue weighted by Gasteiger charge is -2.19. The van der Waals surface area contributed by atoms with Crippen LogP contribution in [-0.2, 0) is 27.7 Å². The van der Waals surface area contributed by atoms with Crippen LogP contribution in [0, 0.1) is 0 Å². The lowest BCUT2D eigenvalue weighted by molar-refractivity contribution is -0.122. The molecular weight excluding hydrogens is 470 g/mol. The van der Waals surface area contributed by atoms with Gasteiger partial charge in [-0.2, -0.15) is 4.72 Å². The fourth-order valence-electron chi connectivity index (χ4n) is 3.69. The zero-order chi connectivity index (χ0) is 24.0. The molecule has 3 aromatic carbocycles. The minimum atomic E-state index is -4.02. The molecule has 4 aromatic rings. The highest BCUT2D eigenvalue weighted by atomic mass is 35.5. The highest BCUT2D eigenvalue weighted by Gasteiger charge is 2.27. The maximum absolute atomic E-state index is 13.3. The van der Waals surface area contributed by atoms with Gasteiger partial charge in [0.25, 0.3) is 0 Å². The first kappa shape index (κ1) is 23.9. The second-order valence-corrected chi connectivity index (χ2v) is 9.98. The van der Waals surface area contributed by atoms with Crippen LogP contribution in [0.1, 0.15) is 11.1 Å². The predicted molar refractivity (Wildman–Crippen MR) is 134 cm³/mol. The summed E-state index contributed by atoms with van der Waals surface area (Å²) in [5.74, 6) is -0.394. The number of benzene rings is 3. The van der Waals surface area contributed by atoms with Crippen LogP contribution >= 0.6 is 11.6 Å². The zero-order valence-corrected chi connectivity index (χ0v) is 19.9. The number of sulfonamides is 1. The van der Waals surface area contributed by atoms with Crippen LogP contribution < -0.4 is 10.0 Å². The molecule has 0 spiro atoms. The van der Waals surface area contributed by atoms with Crippen molar-refractivity contribution in [2.45, 2.75) is 23.8 Å². The Bertz CT molecular complexity index is 1370. The summed E-state index contributed by atoms with van der Waals surface area (Å²) in [6, 6.07) is 24.2. The van der Waals surface area contributed by atoms with Gasteiger partial charge >= 0.3 is 0 Å². The number of fused-ring (bicyclic) bond motifs is 1. The van der Waals surface area contributed by atoms with Gasteiger partial charge in [0.1, 0.15) is 10.9 Å². The maximum Gasteiger partial charge on any atom is 0.243 e. The molecule has 0 saturated carbocycles. The quantitative estimate of drug-likeness (QED) is 0.367. The summed E-state index contributed by atoms with van der Waals surface area (Å²) >= 11 is 5.92. The van der Waals surface area contributed by atoms with E-state index < -0.39 is 22.0 Å². The number of rotatable bonds is 9. The molecule has 0 radical (unpaired) electrons. The van der Waals surface area contributed by atoms with Crippen LogP contribution in [0.2, 0.25) is 5.02 Å². The van der Waals surface area contributed by atoms with E-state index in [4.69, 9.17) is 11.6 Å². The van der Waals surface area contributed by atoms with E-state index in [2.05, 4.69) is 15.0 Å². The topological polar surface area (TPSA) is 88.2 Å². The second kappa shape index (κ2) is 10.8. The average molecular weight is 494 g/mol. The molecule has 2 N–H and O–H groups in total. The number of nitrogens with zero attached hydrogens (tertiary/aromatic N) is 1. The summed E-state index contributed by atoms with van der Waals surface area (Å²) in [5.41, 5.74) is 2.23. The van der Waals surface area contributed by atoms with Crippen LogP contribution in [0.3, 0.4) is 0 Å². The summed E-state index contributed by atoms with van der Waals surface area (Å²) in [4.78, 5) is 17.4. The molecule has 0 aliphatic heterocycles. The van der Waals surface area contributed by atoms with Crippen LogP contribution in [0.15, 0.2) is 96.0 Å². The van der Waals surface area contributed by atoms with Gasteiger partial charge in [-0.25, -0.2) is 8.42 Å². The van der Waals surface area contributed by atoms with Gasteiger partial charge < -0.3 is 5.32 Å². The van der Waals surface area contributed by atoms with Crippen molar-refractivity contribution in [1.29, 1.82) is 0 Å². The molecule has 0 bridgehead atoms. The van der Waals surface area contributed by atoms with Gasteiger partial charge in [0.05, 0.1) is 5.52 Å². The molecule has 4 rings (SSSR count). The SMILES string of the molecule is O=C(NCCc1ccc(Cl)cc1)C(Cc1ccccc1)NS(=O)(=O)c1cccc2cccnc12. The number of hydrogen-bond acceptors (Lipinski definition) is 4. The van der Waals surface area contributed by atoms with E-state index in [9.17, 15) is 13.2 Å². The van der Waals surface area contributed by atoms with Gasteiger partial charge in [-0.05, 0) is 48.2 Å². The molecular formula is C26H24ClN3O3S. The third-order valence-electron chi connectivity index (χ3n) is 5.41. The number of para-hydroxylation sites is 1. The van der Waals surface area contributed by atoms with Crippen LogP contribution in [-0.4, -0.2) is 31.9 Å². The van der Waals surface area contributed by atoms with Crippen LogP contribution in [0.4, 0.5) is 0 Å². The van der Waals surface area contributed by atoms with Crippen molar-refractivity contribution in [1.82, 2.24) is 15.0 Å². The van der Waals surface area contributed by atoms with E-state index in [1.165, 1.54) is 6.07 Å². The van der Waals surface area contributed by atoms with E-state index in [1.807, 2.05) is 42.5 Å². The Morgan fingerprint density at radius 3 is 2.38 bits per heavy atom. The normalized spacial score (nSPS) is 12.4. The molecule has 8 heteroatoms. The molecule has 0 saturated heterocycles. The Hall–Kier alpha value is -3.26. The summed E-state index contributed by atoms with van der Waals surface area (Å²) in [6.45, 7) is 0.364. The van der Waals surface area contributed by atoms with Crippen molar-refractivity contribution in [3.63, 3.8) is 0 Å². The van der Waals surface area contributed by atoms with Gasteiger partial charge in [-0.1, -0.05) is 72.3 Å². The van der Waals surface area contributed by atoms with E-state index in [0.29, 0.717) is 28.9 Å². The molecule has 0 aliphatic carbocycles. The molecule has 1 unspecified atom stereocenters. The van der Waals surface area contributed by atoms with Gasteiger partial charge in [0, 0.05) is 23.2 Å². The average Bonchev–Trinajstić information content (AvgIpc) is 2.85. The van der Waals surface area contributed by atoms with Crippen LogP contribution in [0.5, 0.6) is 0 Å². The minimum Gasteiger partial charge on any atom is -0.354 e. The third-order valence-corrected chi connectivity index (χ3v) is 7.16. The summed E-state index contributed by atoms with van der Waals surface area (Å²) < 4.78 is 29.3. The first-order chi connectivity index (χ1) is 16.4. The lowest BCUT2D eigenvalue weighted by Crippen LogP contribution is -2.48. The van der Waals surface area contributed by atoms with Crippen molar-refractivity contribution in [2.24, 2.45) is 0 Å². The fourth-order valence-corrected chi connectivity index (χ4v) is 5.19. The number of pyridine rings is 1. The highest BCUT2D eigenvalue weighted by molar-refractivity contribution is 7.89. The van der Waals surface area contributed by atoms with E-state index in [0.717, 1.165) is 11.1 Å². The monoisotopic (exact) mass is 493 g/mol. The van der Waals surface area contributed by atoms with Crippen molar-refractivity contribution in [3.05, 3.63) is 107 Å². The first-order valence-electron chi connectivity index (χ1n) is 10.8. The number of nitrogens with one attached hydrogen (secondary N) is 2. The smallest absolute Gasteiger partial charge is 0.243 e. The fraction of sp³-hybridized carbons (Fsp3) is 0.154. The highest BCUT2D eigenvalue weighted by Crippen LogP contribution is 2.21. The first-order valence-corrected chi connectivity index (χ1v) is 12.7. The van der Waals surface area contributed by atoms with Crippen molar-refractivity contribution in [3.8, 4) is 0 Å². The predicted octanol–water partition coefficient (Wildman–Crippen LogP) is 4.14. The summed E-state index contributed by atoms with van der Waals surface area (Å²) in [5, 5.41) is 4.22. The number of amides is 1. The van der Waals surface area contributed by atoms with Gasteiger partial charge in [0.2, 0.25) is 15.9 Å². The van der Waals surface area contributed by atoms with Gasteiger partial charge in [-0.15, -0.1) is 0 Å². The summed E-state index contributed by atoms with van der Waals surface area (Å²) in [6.07, 6.45) is 2.36. The third kappa shape index (κ3) is 5.99. The van der Waals surface area contributed by atoms with Gasteiger partial charge in [-0.3, -0.25) is 9.78 Å². The van der Waals surface area contributed by atoms with E-state index in [1.54, 1.807) is 42.6 Å².